The molecule has 0 saturated carbocycles. The van der Waals surface area contributed by atoms with Crippen LogP contribution in [0.15, 0.2) is 64.1 Å². The molecule has 4 aromatic rings. The molecule has 146 valence electrons. The molecule has 1 aromatic carbocycles. The zero-order chi connectivity index (χ0) is 19.8. The molecule has 5 rings (SSSR count). The number of pyridine rings is 2. The lowest BCUT2D eigenvalue weighted by atomic mass is 9.96. The average molecular weight is 390 g/mol. The minimum atomic E-state index is -0.397. The van der Waals surface area contributed by atoms with Crippen LogP contribution in [0.25, 0.3) is 16.7 Å². The summed E-state index contributed by atoms with van der Waals surface area (Å²) in [6.45, 7) is 0.160. The SMILES string of the molecule is O=c1cc(OCc2ccc(F)cn2)ccn1-c1ccc2c3c(oc2c1)CCCC3. The molecule has 0 fully saturated rings. The van der Waals surface area contributed by atoms with E-state index in [0.717, 1.165) is 47.9 Å². The summed E-state index contributed by atoms with van der Waals surface area (Å²) in [6.07, 6.45) is 7.20. The van der Waals surface area contributed by atoms with Gasteiger partial charge in [0, 0.05) is 35.7 Å². The minimum Gasteiger partial charge on any atom is -0.487 e. The maximum atomic E-state index is 12.9. The second kappa shape index (κ2) is 7.20. The third-order valence-corrected chi connectivity index (χ3v) is 5.29. The van der Waals surface area contributed by atoms with Gasteiger partial charge in [-0.2, -0.15) is 0 Å². The molecule has 0 unspecified atom stereocenters. The van der Waals surface area contributed by atoms with E-state index in [4.69, 9.17) is 9.15 Å². The standard InChI is InChI=1S/C23H19FN2O3/c24-15-5-6-16(25-13-15)14-28-18-9-10-26(23(27)12-18)17-7-8-20-19-3-1-2-4-21(19)29-22(20)11-17/h5-13H,1-4,14H2. The summed E-state index contributed by atoms with van der Waals surface area (Å²) in [5, 5.41) is 1.14. The van der Waals surface area contributed by atoms with Crippen molar-refractivity contribution in [3.05, 3.63) is 88.0 Å². The predicted molar refractivity (Wildman–Crippen MR) is 107 cm³/mol. The Kier molecular flexibility index (Phi) is 4.39. The van der Waals surface area contributed by atoms with Crippen LogP contribution < -0.4 is 10.3 Å². The van der Waals surface area contributed by atoms with Crippen LogP contribution in [0.5, 0.6) is 5.75 Å². The highest BCUT2D eigenvalue weighted by atomic mass is 19.1. The Balaban J connectivity index is 1.39. The van der Waals surface area contributed by atoms with E-state index in [9.17, 15) is 9.18 Å². The van der Waals surface area contributed by atoms with Crippen molar-refractivity contribution in [3.8, 4) is 11.4 Å². The van der Waals surface area contributed by atoms with Crippen molar-refractivity contribution >= 4 is 11.0 Å². The fourth-order valence-electron chi connectivity index (χ4n) is 3.82. The summed E-state index contributed by atoms with van der Waals surface area (Å²) >= 11 is 0. The third kappa shape index (κ3) is 3.42. The number of hydrogen-bond acceptors (Lipinski definition) is 4. The molecule has 0 saturated heterocycles. The summed E-state index contributed by atoms with van der Waals surface area (Å²) in [5.74, 6) is 1.12. The maximum absolute atomic E-state index is 12.9. The van der Waals surface area contributed by atoms with Gasteiger partial charge in [-0.05, 0) is 49.6 Å². The van der Waals surface area contributed by atoms with Gasteiger partial charge in [-0.15, -0.1) is 0 Å². The molecule has 0 N–H and O–H groups in total. The minimum absolute atomic E-state index is 0.160. The Hall–Kier alpha value is -3.41. The molecule has 29 heavy (non-hydrogen) atoms. The Morgan fingerprint density at radius 2 is 2.00 bits per heavy atom. The molecule has 0 radical (unpaired) electrons. The normalized spacial score (nSPS) is 13.4. The van der Waals surface area contributed by atoms with Crippen LogP contribution in [0, 0.1) is 5.82 Å². The number of rotatable bonds is 4. The van der Waals surface area contributed by atoms with Gasteiger partial charge in [-0.25, -0.2) is 4.39 Å². The van der Waals surface area contributed by atoms with Gasteiger partial charge in [0.1, 0.15) is 29.5 Å². The molecule has 1 aliphatic rings. The van der Waals surface area contributed by atoms with Crippen molar-refractivity contribution in [1.82, 2.24) is 9.55 Å². The lowest BCUT2D eigenvalue weighted by Crippen LogP contribution is -2.16. The van der Waals surface area contributed by atoms with Crippen molar-refractivity contribution in [3.63, 3.8) is 0 Å². The number of hydrogen-bond donors (Lipinski definition) is 0. The Morgan fingerprint density at radius 3 is 2.83 bits per heavy atom. The third-order valence-electron chi connectivity index (χ3n) is 5.29. The number of benzene rings is 1. The first-order valence-electron chi connectivity index (χ1n) is 9.68. The number of aromatic nitrogens is 2. The summed E-state index contributed by atoms with van der Waals surface area (Å²) < 4.78 is 26.1. The largest absolute Gasteiger partial charge is 0.487 e. The van der Waals surface area contributed by atoms with Crippen molar-refractivity contribution in [2.75, 3.05) is 0 Å². The number of aryl methyl sites for hydroxylation is 2. The molecule has 1 aliphatic carbocycles. The van der Waals surface area contributed by atoms with E-state index in [0.29, 0.717) is 11.4 Å². The monoisotopic (exact) mass is 390 g/mol. The number of ether oxygens (including phenoxy) is 1. The fourth-order valence-corrected chi connectivity index (χ4v) is 3.82. The number of halogens is 1. The second-order valence-corrected chi connectivity index (χ2v) is 7.22. The van der Waals surface area contributed by atoms with Crippen molar-refractivity contribution in [1.29, 1.82) is 0 Å². The molecule has 3 aromatic heterocycles. The van der Waals surface area contributed by atoms with Crippen molar-refractivity contribution in [2.24, 2.45) is 0 Å². The highest BCUT2D eigenvalue weighted by molar-refractivity contribution is 5.84. The number of nitrogens with zero attached hydrogens (tertiary/aromatic N) is 2. The van der Waals surface area contributed by atoms with Crippen LogP contribution in [0.2, 0.25) is 0 Å². The van der Waals surface area contributed by atoms with Gasteiger partial charge >= 0.3 is 0 Å². The molecule has 3 heterocycles. The summed E-state index contributed by atoms with van der Waals surface area (Å²) in [5.41, 5.74) is 3.26. The molecule has 0 spiro atoms. The second-order valence-electron chi connectivity index (χ2n) is 7.22. The van der Waals surface area contributed by atoms with E-state index >= 15 is 0 Å². The first-order chi connectivity index (χ1) is 14.2. The fraction of sp³-hybridized carbons (Fsp3) is 0.217. The van der Waals surface area contributed by atoms with Crippen LogP contribution >= 0.6 is 0 Å². The van der Waals surface area contributed by atoms with Crippen LogP contribution in [0.3, 0.4) is 0 Å². The van der Waals surface area contributed by atoms with Gasteiger partial charge in [0.2, 0.25) is 0 Å². The van der Waals surface area contributed by atoms with Crippen LogP contribution in [-0.4, -0.2) is 9.55 Å². The Bertz CT molecular complexity index is 1240. The van der Waals surface area contributed by atoms with Crippen molar-refractivity contribution < 1.29 is 13.5 Å². The first kappa shape index (κ1) is 17.7. The number of fused-ring (bicyclic) bond motifs is 3. The zero-order valence-electron chi connectivity index (χ0n) is 15.7. The lowest BCUT2D eigenvalue weighted by molar-refractivity contribution is 0.300. The molecule has 0 atom stereocenters. The topological polar surface area (TPSA) is 57.3 Å². The van der Waals surface area contributed by atoms with Gasteiger partial charge in [-0.3, -0.25) is 14.3 Å². The maximum Gasteiger partial charge on any atom is 0.258 e. The van der Waals surface area contributed by atoms with Crippen LogP contribution in [0.4, 0.5) is 4.39 Å². The number of furan rings is 1. The molecular formula is C23H19FN2O3. The van der Waals surface area contributed by atoms with E-state index in [1.165, 1.54) is 24.1 Å². The quantitative estimate of drug-likeness (QED) is 0.512. The molecule has 0 bridgehead atoms. The Labute approximate surface area is 166 Å². The molecule has 5 nitrogen and oxygen atoms in total. The molecular weight excluding hydrogens is 371 g/mol. The first-order valence-corrected chi connectivity index (χ1v) is 9.68. The zero-order valence-corrected chi connectivity index (χ0v) is 15.7. The van der Waals surface area contributed by atoms with Gasteiger partial charge < -0.3 is 9.15 Å². The van der Waals surface area contributed by atoms with E-state index in [1.54, 1.807) is 22.9 Å². The summed E-state index contributed by atoms with van der Waals surface area (Å²) in [4.78, 5) is 16.6. The smallest absolute Gasteiger partial charge is 0.258 e. The molecule has 0 aliphatic heterocycles. The van der Waals surface area contributed by atoms with Crippen LogP contribution in [-0.2, 0) is 19.4 Å². The van der Waals surface area contributed by atoms with E-state index < -0.39 is 5.82 Å². The van der Waals surface area contributed by atoms with Gasteiger partial charge in [-0.1, -0.05) is 0 Å². The van der Waals surface area contributed by atoms with Crippen molar-refractivity contribution in [2.45, 2.75) is 32.3 Å². The van der Waals surface area contributed by atoms with Crippen LogP contribution in [0.1, 0.15) is 29.9 Å². The highest BCUT2D eigenvalue weighted by Crippen LogP contribution is 2.32. The molecule has 6 heteroatoms. The lowest BCUT2D eigenvalue weighted by Gasteiger charge is -2.09. The highest BCUT2D eigenvalue weighted by Gasteiger charge is 2.18. The van der Waals surface area contributed by atoms with E-state index in [2.05, 4.69) is 4.98 Å². The summed E-state index contributed by atoms with van der Waals surface area (Å²) in [6, 6.07) is 11.9. The average Bonchev–Trinajstić information content (AvgIpc) is 3.11. The van der Waals surface area contributed by atoms with Gasteiger partial charge in [0.25, 0.3) is 5.56 Å². The summed E-state index contributed by atoms with van der Waals surface area (Å²) in [7, 11) is 0. The molecule has 0 amide bonds. The van der Waals surface area contributed by atoms with Gasteiger partial charge in [0.15, 0.2) is 0 Å². The van der Waals surface area contributed by atoms with E-state index in [-0.39, 0.29) is 12.2 Å². The van der Waals surface area contributed by atoms with Gasteiger partial charge in [0.05, 0.1) is 17.6 Å². The van der Waals surface area contributed by atoms with E-state index in [1.807, 2.05) is 18.2 Å². The Morgan fingerprint density at radius 1 is 1.10 bits per heavy atom. The predicted octanol–water partition coefficient (Wildman–Crippen LogP) is 4.58.